The molecule has 0 spiro atoms. The van der Waals surface area contributed by atoms with Crippen molar-refractivity contribution in [1.82, 2.24) is 4.90 Å². The number of halogens is 3. The maximum Gasteiger partial charge on any atom is 0.124 e. The Labute approximate surface area is 219 Å². The van der Waals surface area contributed by atoms with Crippen molar-refractivity contribution in [2.45, 2.75) is 30.3 Å². The molecule has 36 heavy (non-hydrogen) atoms. The van der Waals surface area contributed by atoms with Crippen LogP contribution in [0.1, 0.15) is 36.0 Å². The van der Waals surface area contributed by atoms with E-state index in [2.05, 4.69) is 4.90 Å². The van der Waals surface area contributed by atoms with E-state index in [0.717, 1.165) is 76.7 Å². The molecule has 1 atom stereocenters. The van der Waals surface area contributed by atoms with Crippen LogP contribution in [0.15, 0.2) is 65.6 Å². The molecule has 0 bridgehead atoms. The van der Waals surface area contributed by atoms with Crippen LogP contribution in [0.3, 0.4) is 0 Å². The number of alkyl halides is 1. The fourth-order valence-corrected chi connectivity index (χ4v) is 6.33. The van der Waals surface area contributed by atoms with Crippen LogP contribution in [-0.4, -0.2) is 48.2 Å². The number of rotatable bonds is 7. The zero-order valence-corrected chi connectivity index (χ0v) is 21.4. The second-order valence-corrected chi connectivity index (χ2v) is 10.7. The Morgan fingerprint density at radius 2 is 1.86 bits per heavy atom. The Balaban J connectivity index is 1.49. The third-order valence-electron chi connectivity index (χ3n) is 6.69. The van der Waals surface area contributed by atoms with Gasteiger partial charge in [0.2, 0.25) is 0 Å². The molecule has 0 aliphatic carbocycles. The Kier molecular flexibility index (Phi) is 7.85. The first kappa shape index (κ1) is 25.1. The molecule has 7 heteroatoms. The Morgan fingerprint density at radius 3 is 2.64 bits per heavy atom. The number of fused-ring (bicyclic) bond motifs is 1. The van der Waals surface area contributed by atoms with Crippen molar-refractivity contribution in [2.24, 2.45) is 0 Å². The molecule has 0 radical (unpaired) electrons. The van der Waals surface area contributed by atoms with Gasteiger partial charge in [-0.15, -0.1) is 11.8 Å². The molecule has 0 unspecified atom stereocenters. The third kappa shape index (κ3) is 5.56. The molecule has 3 nitrogen and oxygen atoms in total. The summed E-state index contributed by atoms with van der Waals surface area (Å²) in [5.41, 5.74) is 4.90. The van der Waals surface area contributed by atoms with Crippen LogP contribution in [0, 0.1) is 5.82 Å². The zero-order valence-electron chi connectivity index (χ0n) is 19.9. The summed E-state index contributed by atoms with van der Waals surface area (Å²) in [6, 6.07) is 18.0. The van der Waals surface area contributed by atoms with Gasteiger partial charge < -0.3 is 9.84 Å². The Bertz CT molecular complexity index is 1260. The van der Waals surface area contributed by atoms with Crippen LogP contribution >= 0.6 is 23.4 Å². The van der Waals surface area contributed by atoms with Gasteiger partial charge in [0.15, 0.2) is 0 Å². The molecule has 188 valence electrons. The van der Waals surface area contributed by atoms with Gasteiger partial charge in [-0.2, -0.15) is 0 Å². The Hall–Kier alpha value is -2.54. The van der Waals surface area contributed by atoms with Crippen molar-refractivity contribution in [3.8, 4) is 11.5 Å². The fourth-order valence-electron chi connectivity index (χ4n) is 4.99. The van der Waals surface area contributed by atoms with Crippen molar-refractivity contribution < 1.29 is 18.6 Å². The largest absolute Gasteiger partial charge is 0.508 e. The van der Waals surface area contributed by atoms with Gasteiger partial charge >= 0.3 is 0 Å². The van der Waals surface area contributed by atoms with E-state index in [0.29, 0.717) is 11.4 Å². The topological polar surface area (TPSA) is 32.7 Å². The highest BCUT2D eigenvalue weighted by atomic mass is 35.5. The van der Waals surface area contributed by atoms with Gasteiger partial charge in [0, 0.05) is 30.3 Å². The van der Waals surface area contributed by atoms with Crippen LogP contribution in [0.2, 0.25) is 5.02 Å². The summed E-state index contributed by atoms with van der Waals surface area (Å²) in [5, 5.41) is 10.5. The molecule has 1 N–H and O–H groups in total. The van der Waals surface area contributed by atoms with Gasteiger partial charge in [-0.25, -0.2) is 4.39 Å². The lowest BCUT2D eigenvalue weighted by molar-refractivity contribution is 0.198. The lowest BCUT2D eigenvalue weighted by atomic mass is 9.88. The Morgan fingerprint density at radius 1 is 1.06 bits per heavy atom. The van der Waals surface area contributed by atoms with Gasteiger partial charge in [0.05, 0.1) is 11.7 Å². The van der Waals surface area contributed by atoms with E-state index in [4.69, 9.17) is 16.3 Å². The van der Waals surface area contributed by atoms with E-state index in [1.54, 1.807) is 30.0 Å². The van der Waals surface area contributed by atoms with E-state index >= 15 is 0 Å². The average molecular weight is 528 g/mol. The second kappa shape index (κ2) is 11.2. The molecule has 3 aromatic carbocycles. The summed E-state index contributed by atoms with van der Waals surface area (Å²) in [4.78, 5) is 3.25. The summed E-state index contributed by atoms with van der Waals surface area (Å²) in [6.45, 7) is 2.23. The molecule has 0 saturated carbocycles. The molecular weight excluding hydrogens is 500 g/mol. The third-order valence-corrected chi connectivity index (χ3v) is 8.05. The number of phenolic OH excluding ortho intramolecular Hbond substituents is 1. The minimum Gasteiger partial charge on any atom is -0.508 e. The highest BCUT2D eigenvalue weighted by molar-refractivity contribution is 7.99. The molecule has 0 aromatic heterocycles. The lowest BCUT2D eigenvalue weighted by Crippen LogP contribution is -2.26. The number of phenols is 1. The second-order valence-electron chi connectivity index (χ2n) is 9.15. The normalized spacial score (nSPS) is 18.2. The maximum atomic E-state index is 13.8. The van der Waals surface area contributed by atoms with E-state index in [1.807, 2.05) is 30.3 Å². The molecule has 3 aromatic rings. The number of hydrogen-bond donors (Lipinski definition) is 1. The van der Waals surface area contributed by atoms with E-state index in [-0.39, 0.29) is 24.3 Å². The van der Waals surface area contributed by atoms with Crippen molar-refractivity contribution >= 4 is 34.5 Å². The first-order valence-corrected chi connectivity index (χ1v) is 13.6. The van der Waals surface area contributed by atoms with Crippen LogP contribution in [0.25, 0.3) is 11.1 Å². The molecule has 5 rings (SSSR count). The predicted octanol–water partition coefficient (Wildman–Crippen LogP) is 7.45. The molecule has 2 heterocycles. The number of ether oxygens (including phenoxy) is 1. The number of benzene rings is 3. The van der Waals surface area contributed by atoms with Crippen molar-refractivity contribution in [1.29, 1.82) is 0 Å². The van der Waals surface area contributed by atoms with Crippen molar-refractivity contribution in [3.05, 3.63) is 88.2 Å². The molecule has 2 aliphatic heterocycles. The standard InChI is InChI=1S/C29H28ClF2NO2S/c30-27-16-20(32)4-8-24(27)25-11-15-36-28-17-21(34)5-9-26(28)29(25)19-2-6-22(7-3-19)35-23-10-14-33(18-23)13-1-12-31/h2-9,16-17,23,34H,1,10-15,18H2/t23-/m0/s1. The van der Waals surface area contributed by atoms with Crippen LogP contribution in [0.4, 0.5) is 8.78 Å². The van der Waals surface area contributed by atoms with Crippen molar-refractivity contribution in [3.63, 3.8) is 0 Å². The smallest absolute Gasteiger partial charge is 0.124 e. The molecule has 1 saturated heterocycles. The number of allylic oxidation sites excluding steroid dienone is 1. The van der Waals surface area contributed by atoms with Gasteiger partial charge in [-0.05, 0) is 89.6 Å². The van der Waals surface area contributed by atoms with Gasteiger partial charge in [-0.3, -0.25) is 9.29 Å². The summed E-state index contributed by atoms with van der Waals surface area (Å²) in [7, 11) is 0. The quantitative estimate of drug-likeness (QED) is 0.346. The summed E-state index contributed by atoms with van der Waals surface area (Å²) in [5.74, 6) is 1.47. The fraction of sp³-hybridized carbons (Fsp3) is 0.310. The number of aromatic hydroxyl groups is 1. The minimum atomic E-state index is -0.365. The lowest BCUT2D eigenvalue weighted by Gasteiger charge is -2.19. The number of likely N-dealkylation sites (tertiary alicyclic amines) is 1. The minimum absolute atomic E-state index is 0.0984. The molecule has 2 aliphatic rings. The van der Waals surface area contributed by atoms with E-state index in [9.17, 15) is 13.9 Å². The number of hydrogen-bond acceptors (Lipinski definition) is 4. The first-order chi connectivity index (χ1) is 17.5. The number of nitrogens with zero attached hydrogens (tertiary/aromatic N) is 1. The van der Waals surface area contributed by atoms with E-state index < -0.39 is 0 Å². The van der Waals surface area contributed by atoms with Gasteiger partial charge in [-0.1, -0.05) is 29.8 Å². The van der Waals surface area contributed by atoms with Crippen molar-refractivity contribution in [2.75, 3.05) is 32.1 Å². The zero-order chi connectivity index (χ0) is 25.1. The molecule has 0 amide bonds. The van der Waals surface area contributed by atoms with Crippen LogP contribution in [-0.2, 0) is 0 Å². The summed E-state index contributed by atoms with van der Waals surface area (Å²) < 4.78 is 32.6. The average Bonchev–Trinajstić information content (AvgIpc) is 3.22. The first-order valence-electron chi connectivity index (χ1n) is 12.2. The number of thioether (sulfide) groups is 1. The maximum absolute atomic E-state index is 13.8. The summed E-state index contributed by atoms with van der Waals surface area (Å²) >= 11 is 8.21. The van der Waals surface area contributed by atoms with Crippen LogP contribution in [0.5, 0.6) is 11.5 Å². The highest BCUT2D eigenvalue weighted by Crippen LogP contribution is 2.45. The summed E-state index contributed by atoms with van der Waals surface area (Å²) in [6.07, 6.45) is 2.34. The predicted molar refractivity (Wildman–Crippen MR) is 143 cm³/mol. The van der Waals surface area contributed by atoms with Gasteiger partial charge in [0.25, 0.3) is 0 Å². The van der Waals surface area contributed by atoms with Gasteiger partial charge in [0.1, 0.15) is 23.4 Å². The molecule has 1 fully saturated rings. The monoisotopic (exact) mass is 527 g/mol. The molecular formula is C29H28ClF2NO2S. The SMILES string of the molecule is Oc1ccc2c(c1)SCCC(c1ccc(F)cc1Cl)=C2c1ccc(O[C@H]2CCN(CCCF)C2)cc1. The van der Waals surface area contributed by atoms with Crippen LogP contribution < -0.4 is 4.74 Å². The van der Waals surface area contributed by atoms with E-state index in [1.165, 1.54) is 12.1 Å². The highest BCUT2D eigenvalue weighted by Gasteiger charge is 2.25.